The quantitative estimate of drug-likeness (QED) is 0.398. The van der Waals surface area contributed by atoms with E-state index in [9.17, 15) is 9.59 Å². The first-order chi connectivity index (χ1) is 13.3. The molecule has 3 rings (SSSR count). The number of rotatable bonds is 11. The van der Waals surface area contributed by atoms with E-state index < -0.39 is 10.9 Å². The number of pyridine rings is 1. The van der Waals surface area contributed by atoms with Crippen LogP contribution in [0.3, 0.4) is 0 Å². The molecule has 0 aliphatic heterocycles. The van der Waals surface area contributed by atoms with E-state index in [0.29, 0.717) is 17.9 Å². The second-order valence-electron chi connectivity index (χ2n) is 6.70. The van der Waals surface area contributed by atoms with Crippen molar-refractivity contribution >= 4 is 17.1 Å². The molecule has 0 amide bonds. The molecule has 1 heterocycles. The van der Waals surface area contributed by atoms with Crippen molar-refractivity contribution in [3.63, 3.8) is 0 Å². The highest BCUT2D eigenvalue weighted by molar-refractivity contribution is 5.78. The molecule has 5 nitrogen and oxygen atoms in total. The third-order valence-electron chi connectivity index (χ3n) is 4.65. The highest BCUT2D eigenvalue weighted by Crippen LogP contribution is 2.20. The molecule has 0 saturated carbocycles. The maximum atomic E-state index is 11.8. The Labute approximate surface area is 159 Å². The van der Waals surface area contributed by atoms with Crippen molar-refractivity contribution in [2.45, 2.75) is 38.5 Å². The summed E-state index contributed by atoms with van der Waals surface area (Å²) < 4.78 is 0. The fraction of sp³-hybridized carbons (Fsp3) is 0.318. The normalized spacial score (nSPS) is 10.8. The molecular formula is C22H25N3O2. The third-order valence-corrected chi connectivity index (χ3v) is 4.65. The number of benzene rings is 1. The smallest absolute Gasteiger partial charge is 0.253 e. The third kappa shape index (κ3) is 5.26. The first kappa shape index (κ1) is 18.8. The first-order valence-electron chi connectivity index (χ1n) is 9.54. The zero-order valence-electron chi connectivity index (χ0n) is 15.4. The number of hydrogen-bond donors (Lipinski definition) is 2. The molecule has 2 aromatic carbocycles. The zero-order chi connectivity index (χ0) is 18.9. The maximum absolute atomic E-state index is 11.8. The minimum Gasteiger partial charge on any atom is -0.380 e. The van der Waals surface area contributed by atoms with Gasteiger partial charge >= 0.3 is 0 Å². The van der Waals surface area contributed by atoms with Gasteiger partial charge in [0.15, 0.2) is 0 Å². The molecule has 0 atom stereocenters. The van der Waals surface area contributed by atoms with E-state index in [4.69, 9.17) is 0 Å². The van der Waals surface area contributed by atoms with Gasteiger partial charge in [0.2, 0.25) is 0 Å². The number of anilines is 3. The van der Waals surface area contributed by atoms with Crippen LogP contribution in [0.25, 0.3) is 0 Å². The number of hydrogen-bond acceptors (Lipinski definition) is 5. The fourth-order valence-electron chi connectivity index (χ4n) is 3.10. The van der Waals surface area contributed by atoms with Crippen LogP contribution in [0.2, 0.25) is 0 Å². The molecular weight excluding hydrogens is 338 g/mol. The van der Waals surface area contributed by atoms with Crippen molar-refractivity contribution in [1.29, 1.82) is 0 Å². The van der Waals surface area contributed by atoms with Crippen LogP contribution in [-0.2, 0) is 6.42 Å². The van der Waals surface area contributed by atoms with Crippen LogP contribution >= 0.6 is 0 Å². The predicted molar refractivity (Wildman–Crippen MR) is 111 cm³/mol. The predicted octanol–water partition coefficient (Wildman–Crippen LogP) is 4.03. The van der Waals surface area contributed by atoms with E-state index in [2.05, 4.69) is 39.9 Å². The second-order valence-corrected chi connectivity index (χ2v) is 6.70. The van der Waals surface area contributed by atoms with Gasteiger partial charge in [-0.25, -0.2) is 0 Å². The summed E-state index contributed by atoms with van der Waals surface area (Å²) in [6.07, 6.45) is 10.1. The molecule has 0 fully saturated rings. The Bertz CT molecular complexity index is 900. The van der Waals surface area contributed by atoms with Crippen LogP contribution in [0.5, 0.6) is 0 Å². The summed E-state index contributed by atoms with van der Waals surface area (Å²) in [5, 5.41) is 6.12. The summed E-state index contributed by atoms with van der Waals surface area (Å²) in [6.45, 7) is 0.703. The van der Waals surface area contributed by atoms with E-state index >= 15 is 0 Å². The summed E-state index contributed by atoms with van der Waals surface area (Å²) in [7, 11) is 0. The van der Waals surface area contributed by atoms with Gasteiger partial charge in [-0.05, 0) is 37.0 Å². The lowest BCUT2D eigenvalue weighted by Crippen LogP contribution is -2.36. The van der Waals surface area contributed by atoms with Gasteiger partial charge in [0, 0.05) is 24.6 Å². The van der Waals surface area contributed by atoms with Gasteiger partial charge in [0.1, 0.15) is 11.4 Å². The minimum absolute atomic E-state index is 0.356. The minimum atomic E-state index is -0.463. The van der Waals surface area contributed by atoms with E-state index in [1.807, 2.05) is 6.07 Å². The molecule has 0 radical (unpaired) electrons. The largest absolute Gasteiger partial charge is 0.380 e. The number of unbranched alkanes of at least 4 members (excludes halogenated alkanes) is 4. The van der Waals surface area contributed by atoms with E-state index in [-0.39, 0.29) is 0 Å². The SMILES string of the molecule is O=c1c(NCCCCCCCc2ccccc2)c(Nc2ccncc2)c1=O. The molecule has 0 aliphatic carbocycles. The number of aromatic nitrogens is 1. The zero-order valence-corrected chi connectivity index (χ0v) is 15.4. The molecule has 0 aliphatic rings. The Morgan fingerprint density at radius 2 is 1.41 bits per heavy atom. The van der Waals surface area contributed by atoms with Crippen LogP contribution in [0.1, 0.15) is 37.7 Å². The number of aryl methyl sites for hydroxylation is 1. The standard InChI is InChI=1S/C22H25N3O2/c26-21-19(20(22(21)27)25-18-12-15-23-16-13-18)24-14-8-3-1-2-5-9-17-10-6-4-7-11-17/h4,6-7,10-13,15-16,24H,1-3,5,8-9,14H2,(H,23,25). The lowest BCUT2D eigenvalue weighted by molar-refractivity contribution is 0.624. The monoisotopic (exact) mass is 363 g/mol. The van der Waals surface area contributed by atoms with Crippen LogP contribution in [0.4, 0.5) is 17.1 Å². The Morgan fingerprint density at radius 1 is 0.741 bits per heavy atom. The molecule has 0 spiro atoms. The molecule has 140 valence electrons. The lowest BCUT2D eigenvalue weighted by Gasteiger charge is -2.14. The van der Waals surface area contributed by atoms with Crippen LogP contribution in [0.15, 0.2) is 64.4 Å². The van der Waals surface area contributed by atoms with Crippen molar-refractivity contribution in [2.75, 3.05) is 17.2 Å². The van der Waals surface area contributed by atoms with E-state index in [1.54, 1.807) is 24.5 Å². The van der Waals surface area contributed by atoms with Crippen LogP contribution in [-0.4, -0.2) is 11.5 Å². The van der Waals surface area contributed by atoms with Crippen LogP contribution in [0, 0.1) is 0 Å². The van der Waals surface area contributed by atoms with Gasteiger partial charge in [-0.1, -0.05) is 49.6 Å². The highest BCUT2D eigenvalue weighted by atomic mass is 16.2. The molecule has 2 N–H and O–H groups in total. The molecule has 0 unspecified atom stereocenters. The molecule has 5 heteroatoms. The van der Waals surface area contributed by atoms with Crippen molar-refractivity contribution in [2.24, 2.45) is 0 Å². The van der Waals surface area contributed by atoms with Crippen molar-refractivity contribution in [1.82, 2.24) is 4.98 Å². The van der Waals surface area contributed by atoms with Gasteiger partial charge in [0.25, 0.3) is 10.9 Å². The maximum Gasteiger partial charge on any atom is 0.253 e. The van der Waals surface area contributed by atoms with E-state index in [0.717, 1.165) is 24.9 Å². The molecule has 0 bridgehead atoms. The average Bonchev–Trinajstić information content (AvgIpc) is 2.72. The average molecular weight is 363 g/mol. The Hall–Kier alpha value is -2.95. The number of nitrogens with one attached hydrogen (secondary N) is 2. The van der Waals surface area contributed by atoms with Crippen LogP contribution < -0.4 is 21.5 Å². The van der Waals surface area contributed by atoms with Gasteiger partial charge in [0.05, 0.1) is 0 Å². The Morgan fingerprint density at radius 3 is 2.19 bits per heavy atom. The summed E-state index contributed by atoms with van der Waals surface area (Å²) in [6, 6.07) is 14.1. The lowest BCUT2D eigenvalue weighted by atomic mass is 10.1. The molecule has 1 aromatic heterocycles. The Kier molecular flexibility index (Phi) is 6.74. The Balaban J connectivity index is 1.33. The highest BCUT2D eigenvalue weighted by Gasteiger charge is 2.20. The van der Waals surface area contributed by atoms with Gasteiger partial charge in [-0.3, -0.25) is 14.6 Å². The summed E-state index contributed by atoms with van der Waals surface area (Å²) in [5.74, 6) is 0. The van der Waals surface area contributed by atoms with Crippen molar-refractivity contribution in [3.05, 3.63) is 80.9 Å². The summed E-state index contributed by atoms with van der Waals surface area (Å²) in [4.78, 5) is 27.5. The van der Waals surface area contributed by atoms with Gasteiger partial charge < -0.3 is 10.6 Å². The topological polar surface area (TPSA) is 71.1 Å². The van der Waals surface area contributed by atoms with Gasteiger partial charge in [-0.2, -0.15) is 0 Å². The molecule has 3 aromatic rings. The second kappa shape index (κ2) is 9.67. The fourth-order valence-corrected chi connectivity index (χ4v) is 3.10. The number of nitrogens with zero attached hydrogens (tertiary/aromatic N) is 1. The van der Waals surface area contributed by atoms with Gasteiger partial charge in [-0.15, -0.1) is 0 Å². The first-order valence-corrected chi connectivity index (χ1v) is 9.54. The van der Waals surface area contributed by atoms with E-state index in [1.165, 1.54) is 24.8 Å². The molecule has 27 heavy (non-hydrogen) atoms. The molecule has 0 saturated heterocycles. The van der Waals surface area contributed by atoms with Crippen molar-refractivity contribution < 1.29 is 0 Å². The summed E-state index contributed by atoms with van der Waals surface area (Å²) in [5.41, 5.74) is 2.01. The summed E-state index contributed by atoms with van der Waals surface area (Å²) >= 11 is 0. The van der Waals surface area contributed by atoms with Crippen molar-refractivity contribution in [3.8, 4) is 0 Å².